The normalized spacial score (nSPS) is 16.9. The van der Waals surface area contributed by atoms with Gasteiger partial charge in [-0.3, -0.25) is 0 Å². The van der Waals surface area contributed by atoms with Crippen molar-refractivity contribution in [2.45, 2.75) is 38.1 Å². The van der Waals surface area contributed by atoms with Crippen molar-refractivity contribution in [3.63, 3.8) is 0 Å². The first-order valence-electron chi connectivity index (χ1n) is 6.77. The minimum Gasteiger partial charge on any atom is -0.344 e. The average molecular weight is 243 g/mol. The van der Waals surface area contributed by atoms with E-state index in [1.54, 1.807) is 0 Å². The van der Waals surface area contributed by atoms with E-state index in [2.05, 4.69) is 22.9 Å². The van der Waals surface area contributed by atoms with Crippen LogP contribution in [-0.4, -0.2) is 4.57 Å². The van der Waals surface area contributed by atoms with Gasteiger partial charge in [-0.1, -0.05) is 19.3 Å². The Bertz CT molecular complexity index is 506. The van der Waals surface area contributed by atoms with Crippen LogP contribution in [0.1, 0.15) is 38.1 Å². The van der Waals surface area contributed by atoms with Crippen LogP contribution in [0.25, 0.3) is 11.3 Å². The van der Waals surface area contributed by atoms with Crippen LogP contribution in [-0.2, 0) is 0 Å². The van der Waals surface area contributed by atoms with E-state index in [1.807, 2.05) is 12.1 Å². The highest BCUT2D eigenvalue weighted by Crippen LogP contribution is 2.32. The molecule has 94 valence electrons. The predicted molar refractivity (Wildman–Crippen MR) is 71.9 cm³/mol. The van der Waals surface area contributed by atoms with Crippen molar-refractivity contribution in [3.8, 4) is 11.3 Å². The van der Waals surface area contributed by atoms with Crippen molar-refractivity contribution in [3.05, 3.63) is 48.4 Å². The number of aromatic nitrogens is 1. The third kappa shape index (κ3) is 2.20. The molecule has 1 nitrogen and oxygen atoms in total. The van der Waals surface area contributed by atoms with Crippen LogP contribution in [0.15, 0.2) is 42.6 Å². The zero-order valence-corrected chi connectivity index (χ0v) is 10.5. The molecule has 1 aliphatic rings. The number of nitrogens with zero attached hydrogens (tertiary/aromatic N) is 1. The molecule has 1 saturated carbocycles. The summed E-state index contributed by atoms with van der Waals surface area (Å²) in [5, 5.41) is 0. The number of rotatable bonds is 2. The van der Waals surface area contributed by atoms with Gasteiger partial charge in [-0.05, 0) is 54.8 Å². The van der Waals surface area contributed by atoms with Gasteiger partial charge in [0.25, 0.3) is 0 Å². The van der Waals surface area contributed by atoms with Crippen LogP contribution < -0.4 is 0 Å². The van der Waals surface area contributed by atoms with E-state index in [9.17, 15) is 4.39 Å². The van der Waals surface area contributed by atoms with Crippen molar-refractivity contribution < 1.29 is 4.39 Å². The van der Waals surface area contributed by atoms with Gasteiger partial charge in [0, 0.05) is 17.9 Å². The van der Waals surface area contributed by atoms with Crippen molar-refractivity contribution in [1.82, 2.24) is 4.57 Å². The smallest absolute Gasteiger partial charge is 0.123 e. The molecule has 0 saturated heterocycles. The van der Waals surface area contributed by atoms with Crippen LogP contribution in [0.4, 0.5) is 4.39 Å². The van der Waals surface area contributed by atoms with Crippen molar-refractivity contribution >= 4 is 0 Å². The Hall–Kier alpha value is -1.57. The Morgan fingerprint density at radius 2 is 1.67 bits per heavy atom. The quantitative estimate of drug-likeness (QED) is 0.714. The summed E-state index contributed by atoms with van der Waals surface area (Å²) in [4.78, 5) is 0. The van der Waals surface area contributed by atoms with Gasteiger partial charge in [0.15, 0.2) is 0 Å². The van der Waals surface area contributed by atoms with E-state index < -0.39 is 0 Å². The molecule has 1 heterocycles. The van der Waals surface area contributed by atoms with Gasteiger partial charge in [-0.25, -0.2) is 4.39 Å². The van der Waals surface area contributed by atoms with Crippen LogP contribution in [0.5, 0.6) is 0 Å². The molecule has 1 aromatic carbocycles. The van der Waals surface area contributed by atoms with E-state index in [0.717, 1.165) is 5.56 Å². The first-order valence-corrected chi connectivity index (χ1v) is 6.77. The molecule has 0 bridgehead atoms. The highest BCUT2D eigenvalue weighted by atomic mass is 19.1. The molecular weight excluding hydrogens is 225 g/mol. The second-order valence-corrected chi connectivity index (χ2v) is 5.10. The fourth-order valence-electron chi connectivity index (χ4n) is 2.94. The van der Waals surface area contributed by atoms with Gasteiger partial charge in [-0.15, -0.1) is 0 Å². The van der Waals surface area contributed by atoms with Crippen LogP contribution in [0.3, 0.4) is 0 Å². The Labute approximate surface area is 107 Å². The fourth-order valence-corrected chi connectivity index (χ4v) is 2.94. The van der Waals surface area contributed by atoms with Crippen molar-refractivity contribution in [2.24, 2.45) is 0 Å². The van der Waals surface area contributed by atoms with Crippen molar-refractivity contribution in [2.75, 3.05) is 0 Å². The highest BCUT2D eigenvalue weighted by Gasteiger charge is 2.17. The molecule has 0 atom stereocenters. The molecule has 3 rings (SSSR count). The first-order chi connectivity index (χ1) is 8.84. The maximum Gasteiger partial charge on any atom is 0.123 e. The van der Waals surface area contributed by atoms with Gasteiger partial charge in [-0.2, -0.15) is 0 Å². The Kier molecular flexibility index (Phi) is 3.18. The molecule has 0 aliphatic heterocycles. The van der Waals surface area contributed by atoms with E-state index >= 15 is 0 Å². The predicted octanol–water partition coefficient (Wildman–Crippen LogP) is 4.80. The second kappa shape index (κ2) is 4.97. The summed E-state index contributed by atoms with van der Waals surface area (Å²) in [6.07, 6.45) is 8.71. The largest absolute Gasteiger partial charge is 0.344 e. The lowest BCUT2D eigenvalue weighted by Gasteiger charge is -2.25. The molecule has 0 radical (unpaired) electrons. The zero-order chi connectivity index (χ0) is 12.4. The molecule has 2 heteroatoms. The van der Waals surface area contributed by atoms with Crippen molar-refractivity contribution in [1.29, 1.82) is 0 Å². The third-order valence-electron chi connectivity index (χ3n) is 3.89. The fraction of sp³-hybridized carbons (Fsp3) is 0.375. The molecule has 0 unspecified atom stereocenters. The molecule has 0 amide bonds. The summed E-state index contributed by atoms with van der Waals surface area (Å²) < 4.78 is 15.3. The molecule has 0 N–H and O–H groups in total. The van der Waals surface area contributed by atoms with Crippen LogP contribution in [0.2, 0.25) is 0 Å². The van der Waals surface area contributed by atoms with Gasteiger partial charge >= 0.3 is 0 Å². The molecule has 1 fully saturated rings. The monoisotopic (exact) mass is 243 g/mol. The first kappa shape index (κ1) is 11.5. The van der Waals surface area contributed by atoms with E-state index in [4.69, 9.17) is 0 Å². The molecule has 2 aromatic rings. The molecule has 1 aliphatic carbocycles. The van der Waals surface area contributed by atoms with Gasteiger partial charge in [0.05, 0.1) is 0 Å². The summed E-state index contributed by atoms with van der Waals surface area (Å²) >= 11 is 0. The maximum atomic E-state index is 13.0. The topological polar surface area (TPSA) is 4.93 Å². The lowest BCUT2D eigenvalue weighted by molar-refractivity contribution is 0.356. The number of hydrogen-bond donors (Lipinski definition) is 0. The molecule has 1 aromatic heterocycles. The minimum absolute atomic E-state index is 0.172. The van der Waals surface area contributed by atoms with E-state index in [-0.39, 0.29) is 5.82 Å². The summed E-state index contributed by atoms with van der Waals surface area (Å²) in [5.74, 6) is -0.172. The molecule has 0 spiro atoms. The summed E-state index contributed by atoms with van der Waals surface area (Å²) in [5.41, 5.74) is 2.31. The summed E-state index contributed by atoms with van der Waals surface area (Å²) in [7, 11) is 0. The Balaban J connectivity index is 1.93. The Morgan fingerprint density at radius 1 is 0.944 bits per heavy atom. The average Bonchev–Trinajstić information content (AvgIpc) is 2.90. The minimum atomic E-state index is -0.172. The number of benzene rings is 1. The van der Waals surface area contributed by atoms with Crippen LogP contribution >= 0.6 is 0 Å². The molecular formula is C16H18FN. The number of hydrogen-bond acceptors (Lipinski definition) is 0. The summed E-state index contributed by atoms with van der Waals surface area (Å²) in [6, 6.07) is 11.6. The SMILES string of the molecule is Fc1ccc(-c2cccn2C2CCCCC2)cc1. The number of halogens is 1. The second-order valence-electron chi connectivity index (χ2n) is 5.10. The van der Waals surface area contributed by atoms with Gasteiger partial charge < -0.3 is 4.57 Å². The van der Waals surface area contributed by atoms with Gasteiger partial charge in [0.2, 0.25) is 0 Å². The lowest BCUT2D eigenvalue weighted by atomic mass is 9.95. The standard InChI is InChI=1S/C16H18FN/c17-14-10-8-13(9-11-14)16-7-4-12-18(16)15-5-2-1-3-6-15/h4,7-12,15H,1-3,5-6H2. The van der Waals surface area contributed by atoms with Crippen LogP contribution in [0, 0.1) is 5.82 Å². The Morgan fingerprint density at radius 3 is 2.39 bits per heavy atom. The zero-order valence-electron chi connectivity index (χ0n) is 10.5. The third-order valence-corrected chi connectivity index (χ3v) is 3.89. The molecule has 18 heavy (non-hydrogen) atoms. The highest BCUT2D eigenvalue weighted by molar-refractivity contribution is 5.60. The lowest BCUT2D eigenvalue weighted by Crippen LogP contribution is -2.12. The summed E-state index contributed by atoms with van der Waals surface area (Å²) in [6.45, 7) is 0. The van der Waals surface area contributed by atoms with E-state index in [1.165, 1.54) is 49.9 Å². The van der Waals surface area contributed by atoms with E-state index in [0.29, 0.717) is 6.04 Å². The van der Waals surface area contributed by atoms with Gasteiger partial charge in [0.1, 0.15) is 5.82 Å². The maximum absolute atomic E-state index is 13.0.